The maximum atomic E-state index is 11.9. The van der Waals surface area contributed by atoms with Gasteiger partial charge in [-0.05, 0) is 13.0 Å². The molecule has 1 atom stereocenters. The molecule has 1 aromatic heterocycles. The van der Waals surface area contributed by atoms with Crippen molar-refractivity contribution in [3.05, 3.63) is 23.5 Å². The molecule has 0 aromatic carbocycles. The van der Waals surface area contributed by atoms with Gasteiger partial charge in [0.1, 0.15) is 4.90 Å². The zero-order valence-electron chi connectivity index (χ0n) is 9.05. The molecule has 0 saturated carbocycles. The van der Waals surface area contributed by atoms with Gasteiger partial charge in [0.2, 0.25) is 15.9 Å². The molecule has 0 radical (unpaired) electrons. The molecule has 0 fully saturated rings. The second-order valence-electron chi connectivity index (χ2n) is 3.50. The van der Waals surface area contributed by atoms with Crippen LogP contribution in [0.1, 0.15) is 13.3 Å². The fourth-order valence-electron chi connectivity index (χ4n) is 1.23. The number of primary amides is 1. The normalized spacial score (nSPS) is 13.3. The summed E-state index contributed by atoms with van der Waals surface area (Å²) in [5.74, 6) is -0.586. The summed E-state index contributed by atoms with van der Waals surface area (Å²) < 4.78 is 26.0. The molecule has 0 spiro atoms. The van der Waals surface area contributed by atoms with Gasteiger partial charge in [0.05, 0.1) is 5.02 Å². The van der Waals surface area contributed by atoms with Crippen molar-refractivity contribution >= 4 is 27.5 Å². The molecule has 0 aliphatic carbocycles. The number of rotatable bonds is 5. The molecule has 0 bridgehead atoms. The number of hydrogen-bond acceptors (Lipinski definition) is 4. The van der Waals surface area contributed by atoms with Crippen LogP contribution in [0.2, 0.25) is 5.02 Å². The van der Waals surface area contributed by atoms with Crippen molar-refractivity contribution in [3.63, 3.8) is 0 Å². The van der Waals surface area contributed by atoms with E-state index in [2.05, 4.69) is 9.71 Å². The number of nitrogens with one attached hydrogen (secondary N) is 1. The Labute approximate surface area is 104 Å². The molecule has 1 unspecified atom stereocenters. The molecule has 94 valence electrons. The molecule has 1 rings (SSSR count). The van der Waals surface area contributed by atoms with Gasteiger partial charge in [-0.1, -0.05) is 11.6 Å². The highest BCUT2D eigenvalue weighted by atomic mass is 35.5. The van der Waals surface area contributed by atoms with E-state index >= 15 is 0 Å². The number of pyridine rings is 1. The average Bonchev–Trinajstić information content (AvgIpc) is 2.15. The van der Waals surface area contributed by atoms with Crippen LogP contribution < -0.4 is 10.5 Å². The first kappa shape index (κ1) is 13.9. The fourth-order valence-corrected chi connectivity index (χ4v) is 2.91. The van der Waals surface area contributed by atoms with Crippen molar-refractivity contribution < 1.29 is 13.2 Å². The first-order valence-electron chi connectivity index (χ1n) is 4.73. The Kier molecular flexibility index (Phi) is 4.44. The first-order chi connectivity index (χ1) is 7.83. The van der Waals surface area contributed by atoms with Crippen LogP contribution in [0, 0.1) is 0 Å². The van der Waals surface area contributed by atoms with Gasteiger partial charge in [0, 0.05) is 24.9 Å². The summed E-state index contributed by atoms with van der Waals surface area (Å²) in [5, 5.41) is 0.0683. The Bertz CT molecular complexity index is 518. The molecule has 0 saturated heterocycles. The molecule has 3 N–H and O–H groups in total. The van der Waals surface area contributed by atoms with Crippen LogP contribution in [0.15, 0.2) is 23.4 Å². The summed E-state index contributed by atoms with van der Waals surface area (Å²) in [6.45, 7) is 1.53. The highest BCUT2D eigenvalue weighted by molar-refractivity contribution is 7.89. The predicted octanol–water partition coefficient (Wildman–Crippen LogP) is 0.277. The van der Waals surface area contributed by atoms with Gasteiger partial charge in [-0.3, -0.25) is 9.78 Å². The standard InChI is InChI=1S/C9H12ClN3O3S/c1-6(4-9(11)14)13-17(15,16)8-5-12-3-2-7(8)10/h2-3,5-6,13H,4H2,1H3,(H2,11,14). The van der Waals surface area contributed by atoms with Crippen molar-refractivity contribution in [2.24, 2.45) is 5.73 Å². The molecule has 1 aromatic rings. The summed E-state index contributed by atoms with van der Waals surface area (Å²) in [6, 6.07) is 0.767. The van der Waals surface area contributed by atoms with Crippen LogP contribution in [0.25, 0.3) is 0 Å². The topological polar surface area (TPSA) is 102 Å². The molecule has 0 aliphatic rings. The molecule has 1 heterocycles. The van der Waals surface area contributed by atoms with E-state index in [4.69, 9.17) is 17.3 Å². The molecule has 1 amide bonds. The monoisotopic (exact) mass is 277 g/mol. The largest absolute Gasteiger partial charge is 0.370 e. The van der Waals surface area contributed by atoms with Crippen molar-refractivity contribution in [2.75, 3.05) is 0 Å². The highest BCUT2D eigenvalue weighted by Gasteiger charge is 2.21. The minimum Gasteiger partial charge on any atom is -0.370 e. The second kappa shape index (κ2) is 5.44. The van der Waals surface area contributed by atoms with Crippen LogP contribution in [-0.4, -0.2) is 25.4 Å². The van der Waals surface area contributed by atoms with Crippen molar-refractivity contribution in [2.45, 2.75) is 24.3 Å². The minimum absolute atomic E-state index is 0.0683. The Hall–Kier alpha value is -1.18. The third-order valence-electron chi connectivity index (χ3n) is 1.89. The Morgan fingerprint density at radius 2 is 2.29 bits per heavy atom. The number of halogens is 1. The Morgan fingerprint density at radius 1 is 1.65 bits per heavy atom. The minimum atomic E-state index is -3.79. The molecule has 17 heavy (non-hydrogen) atoms. The summed E-state index contributed by atoms with van der Waals surface area (Å²) >= 11 is 5.75. The maximum Gasteiger partial charge on any atom is 0.243 e. The average molecular weight is 278 g/mol. The summed E-state index contributed by atoms with van der Waals surface area (Å²) in [5.41, 5.74) is 4.97. The number of nitrogens with two attached hydrogens (primary N) is 1. The van der Waals surface area contributed by atoms with Crippen LogP contribution in [0.4, 0.5) is 0 Å². The number of nitrogens with zero attached hydrogens (tertiary/aromatic N) is 1. The highest BCUT2D eigenvalue weighted by Crippen LogP contribution is 2.19. The molecular weight excluding hydrogens is 266 g/mol. The first-order valence-corrected chi connectivity index (χ1v) is 6.59. The van der Waals surface area contributed by atoms with E-state index in [9.17, 15) is 13.2 Å². The van der Waals surface area contributed by atoms with Crippen molar-refractivity contribution in [3.8, 4) is 0 Å². The van der Waals surface area contributed by atoms with E-state index in [1.165, 1.54) is 19.2 Å². The molecule has 6 nitrogen and oxygen atoms in total. The Balaban J connectivity index is 2.90. The van der Waals surface area contributed by atoms with E-state index in [1.54, 1.807) is 0 Å². The zero-order valence-corrected chi connectivity index (χ0v) is 10.6. The number of carbonyl (C=O) groups is 1. The lowest BCUT2D eigenvalue weighted by atomic mass is 10.2. The Morgan fingerprint density at radius 3 is 2.82 bits per heavy atom. The third kappa shape index (κ3) is 3.95. The number of carbonyl (C=O) groups excluding carboxylic acids is 1. The number of hydrogen-bond donors (Lipinski definition) is 2. The van der Waals surface area contributed by atoms with E-state index < -0.39 is 22.0 Å². The summed E-state index contributed by atoms with van der Waals surface area (Å²) in [4.78, 5) is 14.2. The predicted molar refractivity (Wildman–Crippen MR) is 62.8 cm³/mol. The van der Waals surface area contributed by atoms with Crippen LogP contribution in [0.5, 0.6) is 0 Å². The molecule has 0 aliphatic heterocycles. The van der Waals surface area contributed by atoms with E-state index in [1.807, 2.05) is 0 Å². The smallest absolute Gasteiger partial charge is 0.243 e. The van der Waals surface area contributed by atoms with Crippen molar-refractivity contribution in [1.82, 2.24) is 9.71 Å². The van der Waals surface area contributed by atoms with E-state index in [-0.39, 0.29) is 16.3 Å². The fraction of sp³-hybridized carbons (Fsp3) is 0.333. The van der Waals surface area contributed by atoms with Gasteiger partial charge in [0.15, 0.2) is 0 Å². The molecule has 8 heteroatoms. The van der Waals surface area contributed by atoms with Gasteiger partial charge in [0.25, 0.3) is 0 Å². The SMILES string of the molecule is CC(CC(N)=O)NS(=O)(=O)c1cnccc1Cl. The lowest BCUT2D eigenvalue weighted by Crippen LogP contribution is -2.35. The van der Waals surface area contributed by atoms with E-state index in [0.717, 1.165) is 6.20 Å². The zero-order chi connectivity index (χ0) is 13.1. The lowest BCUT2D eigenvalue weighted by Gasteiger charge is -2.12. The number of amides is 1. The van der Waals surface area contributed by atoms with Crippen molar-refractivity contribution in [1.29, 1.82) is 0 Å². The lowest BCUT2D eigenvalue weighted by molar-refractivity contribution is -0.118. The van der Waals surface area contributed by atoms with Gasteiger partial charge in [-0.2, -0.15) is 0 Å². The van der Waals surface area contributed by atoms with Crippen LogP contribution in [0.3, 0.4) is 0 Å². The van der Waals surface area contributed by atoms with Gasteiger partial charge < -0.3 is 5.73 Å². The van der Waals surface area contributed by atoms with Gasteiger partial charge in [-0.15, -0.1) is 0 Å². The molecular formula is C9H12ClN3O3S. The quantitative estimate of drug-likeness (QED) is 0.807. The van der Waals surface area contributed by atoms with Gasteiger partial charge in [-0.25, -0.2) is 13.1 Å². The van der Waals surface area contributed by atoms with E-state index in [0.29, 0.717) is 0 Å². The van der Waals surface area contributed by atoms with Gasteiger partial charge >= 0.3 is 0 Å². The summed E-state index contributed by atoms with van der Waals surface area (Å²) in [6.07, 6.45) is 2.44. The third-order valence-corrected chi connectivity index (χ3v) is 3.95. The maximum absolute atomic E-state index is 11.9. The number of sulfonamides is 1. The number of aromatic nitrogens is 1. The van der Waals surface area contributed by atoms with Crippen LogP contribution >= 0.6 is 11.6 Å². The second-order valence-corrected chi connectivity index (χ2v) is 5.59. The summed E-state index contributed by atoms with van der Waals surface area (Å²) in [7, 11) is -3.79. The van der Waals surface area contributed by atoms with Crippen LogP contribution in [-0.2, 0) is 14.8 Å².